The number of hydrogen-bond acceptors (Lipinski definition) is 5. The lowest BCUT2D eigenvalue weighted by Crippen LogP contribution is -2.30. The number of aromatic nitrogens is 2. The van der Waals surface area contributed by atoms with Gasteiger partial charge in [0.1, 0.15) is 0 Å². The summed E-state index contributed by atoms with van der Waals surface area (Å²) in [7, 11) is 1.56. The van der Waals surface area contributed by atoms with Gasteiger partial charge >= 0.3 is 0 Å². The third kappa shape index (κ3) is 3.40. The first-order valence-corrected chi connectivity index (χ1v) is 6.19. The highest BCUT2D eigenvalue weighted by molar-refractivity contribution is 5.91. The van der Waals surface area contributed by atoms with Gasteiger partial charge in [0.2, 0.25) is 5.88 Å². The van der Waals surface area contributed by atoms with E-state index in [4.69, 9.17) is 4.74 Å². The lowest BCUT2D eigenvalue weighted by atomic mass is 9.99. The predicted octanol–water partition coefficient (Wildman–Crippen LogP) is 0.215. The van der Waals surface area contributed by atoms with Crippen LogP contribution in [-0.2, 0) is 0 Å². The van der Waals surface area contributed by atoms with Crippen LogP contribution in [0.4, 0.5) is 0 Å². The Morgan fingerprint density at radius 1 is 1.44 bits per heavy atom. The maximum atomic E-state index is 11.3. The lowest BCUT2D eigenvalue weighted by molar-refractivity contribution is 0.0956. The van der Waals surface area contributed by atoms with E-state index in [0.717, 1.165) is 25.9 Å². The maximum Gasteiger partial charge on any atom is 0.271 e. The van der Waals surface area contributed by atoms with Crippen LogP contribution in [0.2, 0.25) is 0 Å². The Bertz CT molecular complexity index is 388. The summed E-state index contributed by atoms with van der Waals surface area (Å²) in [6.45, 7) is 2.76. The Kier molecular flexibility index (Phi) is 4.46. The number of piperidine rings is 1. The number of carbonyl (C=O) groups excluding carboxylic acids is 1. The van der Waals surface area contributed by atoms with E-state index in [1.807, 2.05) is 0 Å². The average molecular weight is 250 g/mol. The van der Waals surface area contributed by atoms with Crippen molar-refractivity contribution < 1.29 is 9.53 Å². The molecule has 18 heavy (non-hydrogen) atoms. The highest BCUT2D eigenvalue weighted by Crippen LogP contribution is 2.13. The van der Waals surface area contributed by atoms with Gasteiger partial charge in [-0.15, -0.1) is 10.2 Å². The van der Waals surface area contributed by atoms with Crippen molar-refractivity contribution in [3.05, 3.63) is 17.8 Å². The first-order valence-electron chi connectivity index (χ1n) is 6.19. The minimum Gasteiger partial charge on any atom is -0.476 e. The van der Waals surface area contributed by atoms with Gasteiger partial charge in [0.05, 0.1) is 6.61 Å². The summed E-state index contributed by atoms with van der Waals surface area (Å²) in [6, 6.07) is 3.29. The van der Waals surface area contributed by atoms with Crippen LogP contribution in [-0.4, -0.2) is 42.8 Å². The molecule has 0 bridgehead atoms. The molecule has 98 valence electrons. The fourth-order valence-corrected chi connectivity index (χ4v) is 1.90. The second kappa shape index (κ2) is 6.30. The van der Waals surface area contributed by atoms with Crippen molar-refractivity contribution in [1.29, 1.82) is 0 Å². The van der Waals surface area contributed by atoms with E-state index >= 15 is 0 Å². The number of carbonyl (C=O) groups is 1. The molecular weight excluding hydrogens is 232 g/mol. The lowest BCUT2D eigenvalue weighted by Gasteiger charge is -2.22. The van der Waals surface area contributed by atoms with Crippen molar-refractivity contribution in [2.75, 3.05) is 26.7 Å². The molecule has 2 heterocycles. The zero-order chi connectivity index (χ0) is 12.8. The van der Waals surface area contributed by atoms with Crippen molar-refractivity contribution in [2.24, 2.45) is 5.92 Å². The highest BCUT2D eigenvalue weighted by Gasteiger charge is 2.14. The van der Waals surface area contributed by atoms with E-state index in [1.54, 1.807) is 19.2 Å². The number of nitrogens with zero attached hydrogens (tertiary/aromatic N) is 2. The third-order valence-corrected chi connectivity index (χ3v) is 3.03. The number of nitrogens with one attached hydrogen (secondary N) is 2. The molecule has 2 rings (SSSR count). The minimum absolute atomic E-state index is 0.243. The first kappa shape index (κ1) is 12.8. The summed E-state index contributed by atoms with van der Waals surface area (Å²) < 4.78 is 5.58. The van der Waals surface area contributed by atoms with Crippen molar-refractivity contribution >= 4 is 5.91 Å². The predicted molar refractivity (Wildman–Crippen MR) is 66.5 cm³/mol. The van der Waals surface area contributed by atoms with Crippen LogP contribution in [0.3, 0.4) is 0 Å². The largest absolute Gasteiger partial charge is 0.476 e. The summed E-state index contributed by atoms with van der Waals surface area (Å²) >= 11 is 0. The minimum atomic E-state index is -0.243. The Morgan fingerprint density at radius 3 is 2.83 bits per heavy atom. The van der Waals surface area contributed by atoms with E-state index in [-0.39, 0.29) is 5.91 Å². The molecule has 1 saturated heterocycles. The van der Waals surface area contributed by atoms with Crippen molar-refractivity contribution in [3.8, 4) is 5.88 Å². The highest BCUT2D eigenvalue weighted by atomic mass is 16.5. The Hall–Kier alpha value is -1.69. The molecule has 6 nitrogen and oxygen atoms in total. The molecule has 0 aliphatic carbocycles. The number of hydrogen-bond donors (Lipinski definition) is 2. The molecule has 0 atom stereocenters. The molecule has 1 aromatic rings. The van der Waals surface area contributed by atoms with Gasteiger partial charge in [-0.05, 0) is 37.9 Å². The van der Waals surface area contributed by atoms with Crippen molar-refractivity contribution in [2.45, 2.75) is 12.8 Å². The van der Waals surface area contributed by atoms with E-state index in [0.29, 0.717) is 24.1 Å². The zero-order valence-corrected chi connectivity index (χ0v) is 10.5. The first-order chi connectivity index (χ1) is 8.79. The summed E-state index contributed by atoms with van der Waals surface area (Å²) in [6.07, 6.45) is 2.26. The van der Waals surface area contributed by atoms with Crippen LogP contribution in [0.15, 0.2) is 12.1 Å². The van der Waals surface area contributed by atoms with Crippen molar-refractivity contribution in [3.63, 3.8) is 0 Å². The Balaban J connectivity index is 1.84. The molecule has 0 spiro atoms. The summed E-state index contributed by atoms with van der Waals surface area (Å²) in [5.41, 5.74) is 0.298. The molecule has 0 aromatic carbocycles. The van der Waals surface area contributed by atoms with E-state index in [2.05, 4.69) is 20.8 Å². The van der Waals surface area contributed by atoms with Gasteiger partial charge < -0.3 is 15.4 Å². The molecule has 0 radical (unpaired) electrons. The van der Waals surface area contributed by atoms with E-state index in [1.165, 1.54) is 0 Å². The molecule has 0 saturated carbocycles. The molecule has 0 unspecified atom stereocenters. The molecule has 1 aliphatic rings. The van der Waals surface area contributed by atoms with Crippen LogP contribution >= 0.6 is 0 Å². The van der Waals surface area contributed by atoms with Crippen LogP contribution in [0.25, 0.3) is 0 Å². The van der Waals surface area contributed by atoms with E-state index < -0.39 is 0 Å². The molecule has 1 amide bonds. The second-order valence-electron chi connectivity index (χ2n) is 4.34. The van der Waals surface area contributed by atoms with Gasteiger partial charge in [-0.25, -0.2) is 0 Å². The molecule has 1 fully saturated rings. The standard InChI is InChI=1S/C12H18N4O2/c1-13-12(17)10-2-3-11(16-15-10)18-8-9-4-6-14-7-5-9/h2-3,9,14H,4-8H2,1H3,(H,13,17). The number of rotatable bonds is 4. The van der Waals surface area contributed by atoms with Gasteiger partial charge in [0.25, 0.3) is 5.91 Å². The van der Waals surface area contributed by atoms with E-state index in [9.17, 15) is 4.79 Å². The topological polar surface area (TPSA) is 76.1 Å². The summed E-state index contributed by atoms with van der Waals surface area (Å²) in [4.78, 5) is 11.3. The second-order valence-corrected chi connectivity index (χ2v) is 4.34. The van der Waals surface area contributed by atoms with Crippen LogP contribution in [0.1, 0.15) is 23.3 Å². The van der Waals surface area contributed by atoms with Crippen LogP contribution in [0, 0.1) is 5.92 Å². The molecule has 2 N–H and O–H groups in total. The zero-order valence-electron chi connectivity index (χ0n) is 10.5. The molecule has 6 heteroatoms. The Labute approximate surface area is 106 Å². The fourth-order valence-electron chi connectivity index (χ4n) is 1.90. The fraction of sp³-hybridized carbons (Fsp3) is 0.583. The third-order valence-electron chi connectivity index (χ3n) is 3.03. The molecule has 1 aliphatic heterocycles. The monoisotopic (exact) mass is 250 g/mol. The summed E-state index contributed by atoms with van der Waals surface area (Å²) in [5.74, 6) is 0.806. The SMILES string of the molecule is CNC(=O)c1ccc(OCC2CCNCC2)nn1. The van der Waals surface area contributed by atoms with Gasteiger partial charge in [-0.1, -0.05) is 0 Å². The van der Waals surface area contributed by atoms with Gasteiger partial charge in [0.15, 0.2) is 5.69 Å². The smallest absolute Gasteiger partial charge is 0.271 e. The number of amides is 1. The van der Waals surface area contributed by atoms with Crippen LogP contribution in [0.5, 0.6) is 5.88 Å². The Morgan fingerprint density at radius 2 is 2.22 bits per heavy atom. The van der Waals surface area contributed by atoms with Crippen molar-refractivity contribution in [1.82, 2.24) is 20.8 Å². The van der Waals surface area contributed by atoms with Gasteiger partial charge in [0, 0.05) is 13.1 Å². The average Bonchev–Trinajstić information content (AvgIpc) is 2.46. The molecular formula is C12H18N4O2. The maximum absolute atomic E-state index is 11.3. The quantitative estimate of drug-likeness (QED) is 0.799. The summed E-state index contributed by atoms with van der Waals surface area (Å²) in [5, 5.41) is 13.5. The van der Waals surface area contributed by atoms with Gasteiger partial charge in [-0.3, -0.25) is 4.79 Å². The number of ether oxygens (including phenoxy) is 1. The normalized spacial score (nSPS) is 16.3. The van der Waals surface area contributed by atoms with Crippen LogP contribution < -0.4 is 15.4 Å². The molecule has 1 aromatic heterocycles. The van der Waals surface area contributed by atoms with Gasteiger partial charge in [-0.2, -0.15) is 0 Å².